The molecule has 0 unspecified atom stereocenters. The van der Waals surface area contributed by atoms with Crippen LogP contribution in [0.2, 0.25) is 0 Å². The molecule has 0 saturated carbocycles. The predicted octanol–water partition coefficient (Wildman–Crippen LogP) is 6.68. The minimum atomic E-state index is -0.439. The number of para-hydroxylation sites is 1. The van der Waals surface area contributed by atoms with E-state index in [1.54, 1.807) is 23.9 Å². The van der Waals surface area contributed by atoms with E-state index in [-0.39, 0.29) is 5.75 Å². The maximum absolute atomic E-state index is 11.9. The second kappa shape index (κ2) is 8.00. The Kier molecular flexibility index (Phi) is 5.04. The molecule has 0 bridgehead atoms. The van der Waals surface area contributed by atoms with E-state index in [1.807, 2.05) is 12.2 Å². The third-order valence-electron chi connectivity index (χ3n) is 5.31. The zero-order chi connectivity index (χ0) is 21.4. The van der Waals surface area contributed by atoms with E-state index in [9.17, 15) is 9.90 Å². The van der Waals surface area contributed by atoms with Crippen molar-refractivity contribution < 1.29 is 9.52 Å². The van der Waals surface area contributed by atoms with E-state index in [4.69, 9.17) is 4.42 Å². The lowest BCUT2D eigenvalue weighted by Gasteiger charge is -2.32. The summed E-state index contributed by atoms with van der Waals surface area (Å²) in [7, 11) is 0. The average Bonchev–Trinajstić information content (AvgIpc) is 2.76. The van der Waals surface area contributed by atoms with Crippen molar-refractivity contribution in [1.29, 1.82) is 0 Å². The number of rotatable bonds is 4. The van der Waals surface area contributed by atoms with Crippen LogP contribution in [0.25, 0.3) is 23.1 Å². The van der Waals surface area contributed by atoms with E-state index in [1.165, 1.54) is 33.3 Å². The van der Waals surface area contributed by atoms with Gasteiger partial charge in [-0.25, -0.2) is 4.79 Å². The van der Waals surface area contributed by atoms with Crippen molar-refractivity contribution in [3.63, 3.8) is 0 Å². The quantitative estimate of drug-likeness (QED) is 0.368. The maximum atomic E-state index is 11.9. The largest absolute Gasteiger partial charge is 0.508 e. The second-order valence-electron chi connectivity index (χ2n) is 7.48. The Morgan fingerprint density at radius 3 is 2.68 bits per heavy atom. The SMILES string of the molecule is CCCN1c2ccccc2Sc2cc(/C=C\c3cc(=O)oc4cc(O)ccc34)ccc21. The van der Waals surface area contributed by atoms with Gasteiger partial charge in [0.05, 0.1) is 11.4 Å². The summed E-state index contributed by atoms with van der Waals surface area (Å²) in [5, 5.41) is 10.5. The van der Waals surface area contributed by atoms with E-state index in [2.05, 4.69) is 54.3 Å². The van der Waals surface area contributed by atoms with E-state index in [0.29, 0.717) is 5.58 Å². The molecule has 1 N–H and O–H groups in total. The van der Waals surface area contributed by atoms with Gasteiger partial charge < -0.3 is 14.4 Å². The monoisotopic (exact) mass is 427 g/mol. The van der Waals surface area contributed by atoms with Crippen molar-refractivity contribution in [1.82, 2.24) is 0 Å². The molecule has 4 nitrogen and oxygen atoms in total. The van der Waals surface area contributed by atoms with Gasteiger partial charge in [0.2, 0.25) is 0 Å². The van der Waals surface area contributed by atoms with Gasteiger partial charge in [0, 0.05) is 33.9 Å². The smallest absolute Gasteiger partial charge is 0.336 e. The van der Waals surface area contributed by atoms with Crippen LogP contribution in [-0.2, 0) is 0 Å². The molecule has 1 aliphatic heterocycles. The lowest BCUT2D eigenvalue weighted by molar-refractivity contribution is 0.473. The summed E-state index contributed by atoms with van der Waals surface area (Å²) in [6.45, 7) is 3.17. The highest BCUT2D eigenvalue weighted by atomic mass is 32.2. The molecule has 1 aromatic heterocycles. The number of hydrogen-bond donors (Lipinski definition) is 1. The summed E-state index contributed by atoms with van der Waals surface area (Å²) < 4.78 is 5.22. The Bertz CT molecular complexity index is 1370. The van der Waals surface area contributed by atoms with Gasteiger partial charge >= 0.3 is 5.63 Å². The average molecular weight is 428 g/mol. The molecule has 31 heavy (non-hydrogen) atoms. The number of benzene rings is 3. The lowest BCUT2D eigenvalue weighted by Crippen LogP contribution is -2.21. The van der Waals surface area contributed by atoms with Gasteiger partial charge in [0.25, 0.3) is 0 Å². The highest BCUT2D eigenvalue weighted by Gasteiger charge is 2.22. The molecule has 3 aromatic carbocycles. The zero-order valence-electron chi connectivity index (χ0n) is 17.0. The molecule has 0 atom stereocenters. The van der Waals surface area contributed by atoms with Gasteiger partial charge in [-0.15, -0.1) is 0 Å². The van der Waals surface area contributed by atoms with Gasteiger partial charge in [-0.05, 0) is 53.9 Å². The highest BCUT2D eigenvalue weighted by Crippen LogP contribution is 2.48. The Morgan fingerprint density at radius 1 is 0.968 bits per heavy atom. The van der Waals surface area contributed by atoms with Crippen molar-refractivity contribution >= 4 is 46.3 Å². The number of nitrogens with zero attached hydrogens (tertiary/aromatic N) is 1. The number of hydrogen-bond acceptors (Lipinski definition) is 5. The zero-order valence-corrected chi connectivity index (χ0v) is 17.9. The van der Waals surface area contributed by atoms with Crippen LogP contribution in [0.15, 0.2) is 85.7 Å². The first-order valence-electron chi connectivity index (χ1n) is 10.3. The van der Waals surface area contributed by atoms with Gasteiger partial charge in [0.1, 0.15) is 11.3 Å². The number of aromatic hydroxyl groups is 1. The minimum Gasteiger partial charge on any atom is -0.508 e. The number of fused-ring (bicyclic) bond motifs is 3. The molecule has 5 heteroatoms. The van der Waals surface area contributed by atoms with Crippen LogP contribution < -0.4 is 10.5 Å². The summed E-state index contributed by atoms with van der Waals surface area (Å²) in [6, 6.07) is 21.3. The predicted molar refractivity (Wildman–Crippen MR) is 127 cm³/mol. The molecule has 1 aliphatic rings. The molecule has 0 spiro atoms. The molecule has 0 fully saturated rings. The van der Waals surface area contributed by atoms with Crippen molar-refractivity contribution in [3.8, 4) is 5.75 Å². The lowest BCUT2D eigenvalue weighted by atomic mass is 10.1. The second-order valence-corrected chi connectivity index (χ2v) is 8.57. The molecule has 154 valence electrons. The van der Waals surface area contributed by atoms with E-state index < -0.39 is 5.63 Å². The summed E-state index contributed by atoms with van der Waals surface area (Å²) in [5.41, 5.74) is 4.24. The van der Waals surface area contributed by atoms with E-state index in [0.717, 1.165) is 29.5 Å². The van der Waals surface area contributed by atoms with Crippen LogP contribution in [0.4, 0.5) is 11.4 Å². The summed E-state index contributed by atoms with van der Waals surface area (Å²) in [5.74, 6) is 0.0698. The minimum absolute atomic E-state index is 0.0698. The van der Waals surface area contributed by atoms with Crippen LogP contribution in [0, 0.1) is 0 Å². The maximum Gasteiger partial charge on any atom is 0.336 e. The van der Waals surface area contributed by atoms with Gasteiger partial charge in [-0.3, -0.25) is 0 Å². The summed E-state index contributed by atoms with van der Waals surface area (Å²) in [4.78, 5) is 16.8. The standard InChI is InChI=1S/C26H21NO3S/c1-2-13-27-21-5-3-4-6-24(21)31-25-14-17(8-12-22(25)27)7-9-18-15-26(29)30-23-16-19(28)10-11-20(18)23/h3-12,14-16,28H,2,13H2,1H3/b9-7-. The fourth-order valence-electron chi connectivity index (χ4n) is 3.92. The Hall–Kier alpha value is -3.44. The Labute approximate surface area is 184 Å². The fraction of sp³-hybridized carbons (Fsp3) is 0.115. The molecule has 0 saturated heterocycles. The van der Waals surface area contributed by atoms with E-state index >= 15 is 0 Å². The van der Waals surface area contributed by atoms with Crippen LogP contribution in [-0.4, -0.2) is 11.7 Å². The van der Waals surface area contributed by atoms with Crippen LogP contribution >= 0.6 is 11.8 Å². The molecule has 5 rings (SSSR count). The normalized spacial score (nSPS) is 12.9. The number of anilines is 2. The molecular formula is C26H21NO3S. The third-order valence-corrected chi connectivity index (χ3v) is 6.43. The highest BCUT2D eigenvalue weighted by molar-refractivity contribution is 7.99. The Balaban J connectivity index is 1.52. The molecule has 2 heterocycles. The number of phenols is 1. The van der Waals surface area contributed by atoms with Crippen molar-refractivity contribution in [2.24, 2.45) is 0 Å². The topological polar surface area (TPSA) is 53.7 Å². The summed E-state index contributed by atoms with van der Waals surface area (Å²) in [6.07, 6.45) is 5.00. The molecule has 0 amide bonds. The van der Waals surface area contributed by atoms with Crippen molar-refractivity contribution in [2.45, 2.75) is 23.1 Å². The summed E-state index contributed by atoms with van der Waals surface area (Å²) >= 11 is 1.79. The van der Waals surface area contributed by atoms with Crippen LogP contribution in [0.3, 0.4) is 0 Å². The molecule has 0 radical (unpaired) electrons. The van der Waals surface area contributed by atoms with Crippen LogP contribution in [0.1, 0.15) is 24.5 Å². The van der Waals surface area contributed by atoms with Crippen molar-refractivity contribution in [3.05, 3.63) is 88.3 Å². The first-order chi connectivity index (χ1) is 15.1. The third kappa shape index (κ3) is 3.73. The van der Waals surface area contributed by atoms with Crippen LogP contribution in [0.5, 0.6) is 5.75 Å². The van der Waals surface area contributed by atoms with Gasteiger partial charge in [0.15, 0.2) is 0 Å². The Morgan fingerprint density at radius 2 is 1.81 bits per heavy atom. The fourth-order valence-corrected chi connectivity index (χ4v) is 5.06. The first-order valence-corrected chi connectivity index (χ1v) is 11.1. The first kappa shape index (κ1) is 19.5. The molecule has 4 aromatic rings. The van der Waals surface area contributed by atoms with Crippen molar-refractivity contribution in [2.75, 3.05) is 11.4 Å². The molecule has 0 aliphatic carbocycles. The molecular weight excluding hydrogens is 406 g/mol. The number of phenolic OH excluding ortho intramolecular Hbond substituents is 1. The van der Waals surface area contributed by atoms with Gasteiger partial charge in [-0.2, -0.15) is 0 Å². The van der Waals surface area contributed by atoms with Gasteiger partial charge in [-0.1, -0.05) is 49.0 Å².